The summed E-state index contributed by atoms with van der Waals surface area (Å²) in [4.78, 5) is 24.8. The number of esters is 1. The third-order valence-corrected chi connectivity index (χ3v) is 5.06. The van der Waals surface area contributed by atoms with Crippen LogP contribution in [0.4, 0.5) is 5.95 Å². The molecule has 0 radical (unpaired) electrons. The molecule has 0 amide bonds. The highest BCUT2D eigenvalue weighted by atomic mass is 32.1. The van der Waals surface area contributed by atoms with Crippen molar-refractivity contribution in [2.75, 3.05) is 12.8 Å². The highest BCUT2D eigenvalue weighted by Gasteiger charge is 2.21. The zero-order valence-electron chi connectivity index (χ0n) is 16.3. The Balaban J connectivity index is 2.28. The normalized spacial score (nSPS) is 10.7. The van der Waals surface area contributed by atoms with Gasteiger partial charge in [0.25, 0.3) is 0 Å². The lowest BCUT2D eigenvalue weighted by atomic mass is 10.00. The lowest BCUT2D eigenvalue weighted by Crippen LogP contribution is -2.06. The maximum Gasteiger partial charge on any atom is 0.308 e. The molecule has 3 aromatic rings. The first-order valence-corrected chi connectivity index (χ1v) is 9.75. The fourth-order valence-corrected chi connectivity index (χ4v) is 3.73. The van der Waals surface area contributed by atoms with Gasteiger partial charge >= 0.3 is 5.97 Å². The summed E-state index contributed by atoms with van der Waals surface area (Å²) in [5, 5.41) is 2.73. The third-order valence-electron chi connectivity index (χ3n) is 4.07. The Morgan fingerprint density at radius 3 is 2.61 bits per heavy atom. The first-order valence-electron chi connectivity index (χ1n) is 8.87. The Morgan fingerprint density at radius 2 is 2.00 bits per heavy atom. The van der Waals surface area contributed by atoms with Crippen LogP contribution in [0, 0.1) is 6.92 Å². The van der Waals surface area contributed by atoms with Crippen molar-refractivity contribution in [3.05, 3.63) is 35.0 Å². The minimum absolute atomic E-state index is 0.133. The van der Waals surface area contributed by atoms with E-state index in [1.807, 2.05) is 18.4 Å². The summed E-state index contributed by atoms with van der Waals surface area (Å²) in [5.74, 6) is 0.723. The minimum Gasteiger partial charge on any atom is -0.496 e. The summed E-state index contributed by atoms with van der Waals surface area (Å²) in [5.41, 5.74) is 9.73. The molecule has 0 unspecified atom stereocenters. The first kappa shape index (κ1) is 19.8. The van der Waals surface area contributed by atoms with Gasteiger partial charge in [-0.05, 0) is 25.0 Å². The van der Waals surface area contributed by atoms with E-state index in [0.29, 0.717) is 22.8 Å². The third kappa shape index (κ3) is 4.12. The van der Waals surface area contributed by atoms with Crippen molar-refractivity contribution in [1.82, 2.24) is 15.0 Å². The van der Waals surface area contributed by atoms with Crippen molar-refractivity contribution in [3.8, 4) is 33.3 Å². The number of nitrogens with two attached hydrogens (primary N) is 1. The fourth-order valence-electron chi connectivity index (χ4n) is 2.92. The van der Waals surface area contributed by atoms with Crippen LogP contribution in [0.1, 0.15) is 31.5 Å². The van der Waals surface area contributed by atoms with E-state index in [-0.39, 0.29) is 5.95 Å². The Hall–Kier alpha value is -3.00. The molecule has 0 bridgehead atoms. The predicted octanol–water partition coefficient (Wildman–Crippen LogP) is 4.04. The molecule has 8 heteroatoms. The van der Waals surface area contributed by atoms with Crippen LogP contribution in [0.5, 0.6) is 11.5 Å². The van der Waals surface area contributed by atoms with E-state index in [0.717, 1.165) is 34.7 Å². The van der Waals surface area contributed by atoms with Gasteiger partial charge < -0.3 is 15.2 Å². The SMILES string of the molecule is CCCc1cc(-c2nc(N)ncc2-c2nc(C)cs2)c(OC(C)=O)cc1OC. The summed E-state index contributed by atoms with van der Waals surface area (Å²) >= 11 is 1.49. The summed E-state index contributed by atoms with van der Waals surface area (Å²) in [6, 6.07) is 3.66. The van der Waals surface area contributed by atoms with E-state index >= 15 is 0 Å². The molecule has 146 valence electrons. The van der Waals surface area contributed by atoms with Crippen molar-refractivity contribution in [1.29, 1.82) is 0 Å². The van der Waals surface area contributed by atoms with E-state index in [1.54, 1.807) is 19.4 Å². The molecule has 0 spiro atoms. The van der Waals surface area contributed by atoms with Crippen LogP contribution in [-0.2, 0) is 11.2 Å². The number of thiazole rings is 1. The van der Waals surface area contributed by atoms with Crippen molar-refractivity contribution in [2.24, 2.45) is 0 Å². The van der Waals surface area contributed by atoms with Gasteiger partial charge in [0.2, 0.25) is 5.95 Å². The van der Waals surface area contributed by atoms with Gasteiger partial charge in [-0.1, -0.05) is 13.3 Å². The topological polar surface area (TPSA) is 100 Å². The number of rotatable bonds is 6. The number of hydrogen-bond donors (Lipinski definition) is 1. The number of methoxy groups -OCH3 is 1. The molecule has 0 saturated heterocycles. The van der Waals surface area contributed by atoms with Crippen LogP contribution in [0.25, 0.3) is 21.8 Å². The zero-order valence-corrected chi connectivity index (χ0v) is 17.1. The van der Waals surface area contributed by atoms with Crippen LogP contribution >= 0.6 is 11.3 Å². The molecule has 2 aromatic heterocycles. The molecule has 0 atom stereocenters. The largest absolute Gasteiger partial charge is 0.496 e. The van der Waals surface area contributed by atoms with Crippen LogP contribution < -0.4 is 15.2 Å². The highest BCUT2D eigenvalue weighted by Crippen LogP contribution is 2.41. The number of benzene rings is 1. The molecular formula is C20H22N4O3S. The standard InChI is InChI=1S/C20H22N4O3S/c1-5-6-13-7-14(17(27-12(3)25)8-16(13)26-4)18-15(9-22-20(21)24-18)19-23-11(2)10-28-19/h7-10H,5-6H2,1-4H3,(H2,21,22,24). The van der Waals surface area contributed by atoms with Gasteiger partial charge in [0.15, 0.2) is 0 Å². The second-order valence-corrected chi connectivity index (χ2v) is 7.15. The molecule has 0 aliphatic rings. The van der Waals surface area contributed by atoms with E-state index < -0.39 is 5.97 Å². The minimum atomic E-state index is -0.430. The number of aromatic nitrogens is 3. The predicted molar refractivity (Wildman–Crippen MR) is 110 cm³/mol. The maximum atomic E-state index is 11.7. The Labute approximate surface area is 167 Å². The zero-order chi connectivity index (χ0) is 20.3. The van der Waals surface area contributed by atoms with Gasteiger partial charge in [0, 0.05) is 35.8 Å². The molecule has 0 saturated carbocycles. The van der Waals surface area contributed by atoms with E-state index in [1.165, 1.54) is 18.3 Å². The molecule has 1 aromatic carbocycles. The number of anilines is 1. The Bertz CT molecular complexity index is 1020. The lowest BCUT2D eigenvalue weighted by molar-refractivity contribution is -0.131. The number of carbonyl (C=O) groups is 1. The number of nitrogen functional groups attached to an aromatic ring is 1. The molecule has 0 aliphatic carbocycles. The van der Waals surface area contributed by atoms with Gasteiger partial charge in [-0.25, -0.2) is 15.0 Å². The van der Waals surface area contributed by atoms with Gasteiger partial charge in [0.05, 0.1) is 18.4 Å². The van der Waals surface area contributed by atoms with Crippen LogP contribution in [0.15, 0.2) is 23.7 Å². The van der Waals surface area contributed by atoms with Crippen molar-refractivity contribution in [3.63, 3.8) is 0 Å². The summed E-state index contributed by atoms with van der Waals surface area (Å²) in [6.45, 7) is 5.37. The Kier molecular flexibility index (Phi) is 5.89. The van der Waals surface area contributed by atoms with E-state index in [4.69, 9.17) is 15.2 Å². The highest BCUT2D eigenvalue weighted by molar-refractivity contribution is 7.13. The van der Waals surface area contributed by atoms with Crippen LogP contribution in [-0.4, -0.2) is 28.0 Å². The molecule has 2 heterocycles. The number of ether oxygens (including phenoxy) is 2. The van der Waals surface area contributed by atoms with Gasteiger partial charge in [-0.3, -0.25) is 4.79 Å². The average molecular weight is 398 g/mol. The second-order valence-electron chi connectivity index (χ2n) is 6.29. The second kappa shape index (κ2) is 8.35. The summed E-state index contributed by atoms with van der Waals surface area (Å²) < 4.78 is 11.0. The van der Waals surface area contributed by atoms with Gasteiger partial charge in [0.1, 0.15) is 16.5 Å². The van der Waals surface area contributed by atoms with E-state index in [2.05, 4.69) is 21.9 Å². The molecule has 2 N–H and O–H groups in total. The molecule has 28 heavy (non-hydrogen) atoms. The quantitative estimate of drug-likeness (QED) is 0.494. The summed E-state index contributed by atoms with van der Waals surface area (Å²) in [6.07, 6.45) is 3.40. The van der Waals surface area contributed by atoms with Gasteiger partial charge in [-0.2, -0.15) is 0 Å². The Morgan fingerprint density at radius 1 is 1.21 bits per heavy atom. The molecular weight excluding hydrogens is 376 g/mol. The summed E-state index contributed by atoms with van der Waals surface area (Å²) in [7, 11) is 1.60. The number of nitrogens with zero attached hydrogens (tertiary/aromatic N) is 3. The van der Waals surface area contributed by atoms with Crippen molar-refractivity contribution >= 4 is 23.3 Å². The smallest absolute Gasteiger partial charge is 0.308 e. The van der Waals surface area contributed by atoms with Crippen molar-refractivity contribution < 1.29 is 14.3 Å². The number of carbonyl (C=O) groups excluding carboxylic acids is 1. The lowest BCUT2D eigenvalue weighted by Gasteiger charge is -2.16. The molecule has 3 rings (SSSR count). The van der Waals surface area contributed by atoms with Crippen LogP contribution in [0.3, 0.4) is 0 Å². The molecule has 7 nitrogen and oxygen atoms in total. The van der Waals surface area contributed by atoms with Crippen LogP contribution in [0.2, 0.25) is 0 Å². The molecule has 0 fully saturated rings. The number of aryl methyl sites for hydroxylation is 2. The fraction of sp³-hybridized carbons (Fsp3) is 0.300. The first-order chi connectivity index (χ1) is 13.4. The number of hydrogen-bond acceptors (Lipinski definition) is 8. The van der Waals surface area contributed by atoms with Gasteiger partial charge in [-0.15, -0.1) is 11.3 Å². The average Bonchev–Trinajstić information content (AvgIpc) is 3.08. The maximum absolute atomic E-state index is 11.7. The van der Waals surface area contributed by atoms with Crippen molar-refractivity contribution in [2.45, 2.75) is 33.6 Å². The monoisotopic (exact) mass is 398 g/mol. The van der Waals surface area contributed by atoms with E-state index in [9.17, 15) is 4.79 Å². The molecule has 0 aliphatic heterocycles.